The average Bonchev–Trinajstić information content (AvgIpc) is 3.13. The number of halogens is 3. The number of aromatic amines is 1. The number of para-hydroxylation sites is 1. The van der Waals surface area contributed by atoms with Crippen molar-refractivity contribution < 1.29 is 23.0 Å². The van der Waals surface area contributed by atoms with E-state index in [1.165, 1.54) is 26.0 Å². The van der Waals surface area contributed by atoms with Crippen molar-refractivity contribution in [3.63, 3.8) is 0 Å². The van der Waals surface area contributed by atoms with Crippen LogP contribution < -0.4 is 4.74 Å². The second-order valence-electron chi connectivity index (χ2n) is 11.7. The molecule has 2 N–H and O–H groups in total. The van der Waals surface area contributed by atoms with Crippen molar-refractivity contribution in [3.8, 4) is 5.75 Å². The maximum Gasteiger partial charge on any atom is 0.135 e. The molecule has 2 atom stereocenters. The molecule has 0 radical (unpaired) electrons. The third-order valence-electron chi connectivity index (χ3n) is 8.19. The van der Waals surface area contributed by atoms with Gasteiger partial charge in [-0.25, -0.2) is 13.2 Å². The third-order valence-corrected chi connectivity index (χ3v) is 8.19. The largest absolute Gasteiger partial charge is 0.488 e. The molecule has 2 aliphatic heterocycles. The summed E-state index contributed by atoms with van der Waals surface area (Å²) in [5.41, 5.74) is 1.01. The number of benzene rings is 2. The molecule has 0 bridgehead atoms. The van der Waals surface area contributed by atoms with Crippen LogP contribution >= 0.6 is 0 Å². The molecule has 2 aromatic carbocycles. The predicted molar refractivity (Wildman–Crippen MR) is 137 cm³/mol. The van der Waals surface area contributed by atoms with Gasteiger partial charge in [-0.15, -0.1) is 0 Å². The number of fused-ring (bicyclic) bond motifs is 3. The van der Waals surface area contributed by atoms with Crippen molar-refractivity contribution >= 4 is 10.9 Å². The van der Waals surface area contributed by atoms with Crippen molar-refractivity contribution in [1.29, 1.82) is 0 Å². The van der Waals surface area contributed by atoms with Gasteiger partial charge >= 0.3 is 0 Å². The molecule has 198 valence electrons. The summed E-state index contributed by atoms with van der Waals surface area (Å²) in [5.74, 6) is -1.23. The zero-order valence-electron chi connectivity index (χ0n) is 21.5. The number of nitrogens with one attached hydrogen (secondary N) is 1. The van der Waals surface area contributed by atoms with E-state index in [1.54, 1.807) is 0 Å². The monoisotopic (exact) mass is 513 g/mol. The molecule has 5 nitrogen and oxygen atoms in total. The Labute approximate surface area is 215 Å². The Hall–Kier alpha value is -2.55. The van der Waals surface area contributed by atoms with E-state index in [0.29, 0.717) is 31.2 Å². The normalized spacial score (nSPS) is 27.1. The Morgan fingerprint density at radius 2 is 1.78 bits per heavy atom. The molecule has 1 saturated carbocycles. The van der Waals surface area contributed by atoms with Crippen molar-refractivity contribution in [2.45, 2.75) is 76.0 Å². The van der Waals surface area contributed by atoms with Gasteiger partial charge in [0, 0.05) is 66.0 Å². The number of hydrogen-bond acceptors (Lipinski definition) is 4. The lowest BCUT2D eigenvalue weighted by Gasteiger charge is -2.49. The molecule has 1 aromatic heterocycles. The lowest BCUT2D eigenvalue weighted by molar-refractivity contribution is -0.0713. The van der Waals surface area contributed by atoms with Gasteiger partial charge in [-0.1, -0.05) is 18.2 Å². The zero-order valence-corrected chi connectivity index (χ0v) is 21.5. The van der Waals surface area contributed by atoms with Gasteiger partial charge in [0.05, 0.1) is 12.1 Å². The molecule has 1 saturated heterocycles. The number of aromatic nitrogens is 1. The molecule has 3 aliphatic rings. The van der Waals surface area contributed by atoms with E-state index in [4.69, 9.17) is 4.74 Å². The fourth-order valence-corrected chi connectivity index (χ4v) is 6.28. The first kappa shape index (κ1) is 24.8. The SMILES string of the molecule is C[C@@H]1Cc2c([nH]c3ccccc23)[C@@H](c2c(F)cc(OC3CN([C@H]4C[C@H](O)C4)C3)cc2F)N1CC(C)(C)F. The van der Waals surface area contributed by atoms with Crippen LogP contribution in [0.15, 0.2) is 36.4 Å². The molecular weight excluding hydrogens is 479 g/mol. The fraction of sp³-hybridized carbons (Fsp3) is 0.517. The number of aliphatic hydroxyl groups excluding tert-OH is 1. The quantitative estimate of drug-likeness (QED) is 0.481. The second kappa shape index (κ2) is 9.03. The number of hydrogen-bond donors (Lipinski definition) is 2. The van der Waals surface area contributed by atoms with E-state index in [1.807, 2.05) is 36.1 Å². The molecule has 3 heterocycles. The van der Waals surface area contributed by atoms with E-state index in [2.05, 4.69) is 9.88 Å². The van der Waals surface area contributed by atoms with Crippen molar-refractivity contribution in [2.24, 2.45) is 0 Å². The summed E-state index contributed by atoms with van der Waals surface area (Å²) >= 11 is 0. The minimum absolute atomic E-state index is 0.0402. The Kier molecular flexibility index (Phi) is 6.05. The van der Waals surface area contributed by atoms with Gasteiger partial charge in [-0.3, -0.25) is 9.80 Å². The second-order valence-corrected chi connectivity index (χ2v) is 11.7. The van der Waals surface area contributed by atoms with Crippen LogP contribution in [-0.2, 0) is 6.42 Å². The summed E-state index contributed by atoms with van der Waals surface area (Å²) in [5, 5.41) is 10.5. The smallest absolute Gasteiger partial charge is 0.135 e. The molecule has 1 aliphatic carbocycles. The standard InChI is InChI=1S/C29H34F3N3O2/c1-16-8-22-21-6-4-5-7-25(21)33-27(22)28(35(16)15-29(2,3)32)26-23(30)11-19(12-24(26)31)37-20-13-34(14-20)17-9-18(36)10-17/h4-7,11-12,16-18,20,28,33,36H,8-10,13-15H2,1-3H3/t16-,17-,18-,28-/m1/s1. The van der Waals surface area contributed by atoms with Crippen LogP contribution in [-0.4, -0.2) is 69.5 Å². The first-order valence-corrected chi connectivity index (χ1v) is 13.2. The number of rotatable bonds is 6. The molecule has 8 heteroatoms. The third kappa shape index (κ3) is 4.53. The van der Waals surface area contributed by atoms with Crippen LogP contribution in [0, 0.1) is 11.6 Å². The molecular formula is C29H34F3N3O2. The van der Waals surface area contributed by atoms with Gasteiger partial charge in [-0.05, 0) is 51.7 Å². The van der Waals surface area contributed by atoms with Gasteiger partial charge in [0.2, 0.25) is 0 Å². The molecule has 2 fully saturated rings. The van der Waals surface area contributed by atoms with Gasteiger partial charge in [0.25, 0.3) is 0 Å². The van der Waals surface area contributed by atoms with Crippen molar-refractivity contribution in [1.82, 2.24) is 14.8 Å². The predicted octanol–water partition coefficient (Wildman–Crippen LogP) is 5.12. The van der Waals surface area contributed by atoms with Crippen LogP contribution in [0.3, 0.4) is 0 Å². The Bertz CT molecular complexity index is 1280. The van der Waals surface area contributed by atoms with Crippen LogP contribution in [0.2, 0.25) is 0 Å². The zero-order chi connectivity index (χ0) is 26.1. The molecule has 0 spiro atoms. The van der Waals surface area contributed by atoms with E-state index >= 15 is 8.78 Å². The van der Waals surface area contributed by atoms with Crippen molar-refractivity contribution in [3.05, 3.63) is 64.9 Å². The van der Waals surface area contributed by atoms with Gasteiger partial charge in [0.1, 0.15) is 29.2 Å². The van der Waals surface area contributed by atoms with E-state index in [0.717, 1.165) is 29.3 Å². The first-order chi connectivity index (χ1) is 17.6. The maximum absolute atomic E-state index is 15.8. The summed E-state index contributed by atoms with van der Waals surface area (Å²) in [7, 11) is 0. The van der Waals surface area contributed by atoms with Crippen molar-refractivity contribution in [2.75, 3.05) is 19.6 Å². The van der Waals surface area contributed by atoms with Gasteiger partial charge in [0.15, 0.2) is 0 Å². The number of aliphatic hydroxyl groups is 1. The first-order valence-electron chi connectivity index (χ1n) is 13.2. The number of alkyl halides is 1. The van der Waals surface area contributed by atoms with Crippen LogP contribution in [0.5, 0.6) is 5.75 Å². The average molecular weight is 514 g/mol. The number of H-pyrrole nitrogens is 1. The fourth-order valence-electron chi connectivity index (χ4n) is 6.28. The summed E-state index contributed by atoms with van der Waals surface area (Å²) < 4.78 is 52.4. The van der Waals surface area contributed by atoms with Crippen LogP contribution in [0.1, 0.15) is 56.5 Å². The topological polar surface area (TPSA) is 51.7 Å². The highest BCUT2D eigenvalue weighted by Gasteiger charge is 2.42. The molecule has 0 amide bonds. The van der Waals surface area contributed by atoms with Gasteiger partial charge < -0.3 is 14.8 Å². The summed E-state index contributed by atoms with van der Waals surface area (Å²) in [6, 6.07) is 9.82. The maximum atomic E-state index is 15.8. The van der Waals surface area contributed by atoms with E-state index in [9.17, 15) is 9.50 Å². The number of nitrogens with zero attached hydrogens (tertiary/aromatic N) is 2. The highest BCUT2D eigenvalue weighted by atomic mass is 19.1. The Morgan fingerprint density at radius 3 is 2.43 bits per heavy atom. The highest BCUT2D eigenvalue weighted by Crippen LogP contribution is 2.44. The molecule has 6 rings (SSSR count). The van der Waals surface area contributed by atoms with Crippen LogP contribution in [0.25, 0.3) is 10.9 Å². The molecule has 37 heavy (non-hydrogen) atoms. The summed E-state index contributed by atoms with van der Waals surface area (Å²) in [4.78, 5) is 7.50. The molecule has 3 aromatic rings. The summed E-state index contributed by atoms with van der Waals surface area (Å²) in [6.45, 7) is 6.38. The van der Waals surface area contributed by atoms with E-state index in [-0.39, 0.29) is 36.1 Å². The highest BCUT2D eigenvalue weighted by molar-refractivity contribution is 5.85. The summed E-state index contributed by atoms with van der Waals surface area (Å²) in [6.07, 6.45) is 1.84. The Balaban J connectivity index is 1.32. The van der Waals surface area contributed by atoms with E-state index < -0.39 is 23.3 Å². The van der Waals surface area contributed by atoms with Gasteiger partial charge in [-0.2, -0.15) is 0 Å². The lowest BCUT2D eigenvalue weighted by Crippen LogP contribution is -2.61. The molecule has 0 unspecified atom stereocenters. The lowest BCUT2D eigenvalue weighted by atomic mass is 9.86. The minimum atomic E-state index is -1.54. The van der Waals surface area contributed by atoms with Crippen LogP contribution in [0.4, 0.5) is 13.2 Å². The number of ether oxygens (including phenoxy) is 1. The number of likely N-dealkylation sites (tertiary alicyclic amines) is 1. The Morgan fingerprint density at radius 1 is 1.11 bits per heavy atom. The minimum Gasteiger partial charge on any atom is -0.488 e.